The van der Waals surface area contributed by atoms with E-state index in [1.807, 2.05) is 18.2 Å². The first kappa shape index (κ1) is 17.0. The fourth-order valence-electron chi connectivity index (χ4n) is 2.52. The Balaban J connectivity index is 2.05. The molecule has 1 aliphatic rings. The average Bonchev–Trinajstić information content (AvgIpc) is 2.58. The fourth-order valence-corrected chi connectivity index (χ4v) is 3.70. The molecule has 1 aromatic carbocycles. The maximum Gasteiger partial charge on any atom is 0.194 e. The van der Waals surface area contributed by atoms with E-state index >= 15 is 0 Å². The number of benzene rings is 1. The van der Waals surface area contributed by atoms with Gasteiger partial charge in [0.15, 0.2) is 5.96 Å². The number of hydrogen-bond donors (Lipinski definition) is 1. The van der Waals surface area contributed by atoms with Crippen LogP contribution in [-0.2, 0) is 6.54 Å². The number of ether oxygens (including phenoxy) is 1. The standard InChI is InChI=1S/C17H27N3OS/c1-4-16-13-20(9-10-22-16)17(18-5-2)19-12-14-7-6-8-15(11-14)21-3/h6-8,11,16H,4-5,9-10,12-13H2,1-3H3,(H,18,19). The SMILES string of the molecule is CCNC(=NCc1cccc(OC)c1)N1CCSC(CC)C1. The first-order valence-corrected chi connectivity index (χ1v) is 9.09. The van der Waals surface area contributed by atoms with Crippen molar-refractivity contribution in [1.82, 2.24) is 10.2 Å². The lowest BCUT2D eigenvalue weighted by molar-refractivity contribution is 0.407. The summed E-state index contributed by atoms with van der Waals surface area (Å²) in [5.74, 6) is 3.10. The van der Waals surface area contributed by atoms with Crippen LogP contribution in [0.25, 0.3) is 0 Å². The van der Waals surface area contributed by atoms with Gasteiger partial charge in [-0.25, -0.2) is 4.99 Å². The second-order valence-electron chi connectivity index (χ2n) is 5.37. The Kier molecular flexibility index (Phi) is 6.90. The van der Waals surface area contributed by atoms with Gasteiger partial charge in [-0.05, 0) is 31.0 Å². The number of rotatable bonds is 5. The van der Waals surface area contributed by atoms with E-state index < -0.39 is 0 Å². The molecule has 4 nitrogen and oxygen atoms in total. The third-order valence-electron chi connectivity index (χ3n) is 3.77. The van der Waals surface area contributed by atoms with Crippen LogP contribution in [0.15, 0.2) is 29.3 Å². The number of thioether (sulfide) groups is 1. The van der Waals surface area contributed by atoms with Crippen molar-refractivity contribution < 1.29 is 4.74 Å². The van der Waals surface area contributed by atoms with Gasteiger partial charge in [0.25, 0.3) is 0 Å². The van der Waals surface area contributed by atoms with Crippen molar-refractivity contribution >= 4 is 17.7 Å². The van der Waals surface area contributed by atoms with E-state index in [9.17, 15) is 0 Å². The molecule has 0 aromatic heterocycles. The van der Waals surface area contributed by atoms with E-state index in [1.165, 1.54) is 17.7 Å². The molecule has 0 bridgehead atoms. The van der Waals surface area contributed by atoms with Crippen LogP contribution in [0.4, 0.5) is 0 Å². The van der Waals surface area contributed by atoms with E-state index in [1.54, 1.807) is 7.11 Å². The lowest BCUT2D eigenvalue weighted by atomic mass is 10.2. The molecular formula is C17H27N3OS. The molecule has 1 N–H and O–H groups in total. The third kappa shape index (κ3) is 4.83. The molecule has 1 saturated heterocycles. The number of nitrogens with one attached hydrogen (secondary N) is 1. The fraction of sp³-hybridized carbons (Fsp3) is 0.588. The lowest BCUT2D eigenvalue weighted by Gasteiger charge is -2.34. The van der Waals surface area contributed by atoms with E-state index in [2.05, 4.69) is 41.9 Å². The molecule has 22 heavy (non-hydrogen) atoms. The molecule has 0 saturated carbocycles. The van der Waals surface area contributed by atoms with Crippen LogP contribution in [0.5, 0.6) is 5.75 Å². The van der Waals surface area contributed by atoms with Gasteiger partial charge in [-0.1, -0.05) is 19.1 Å². The van der Waals surface area contributed by atoms with Crippen molar-refractivity contribution in [3.63, 3.8) is 0 Å². The van der Waals surface area contributed by atoms with Gasteiger partial charge in [0, 0.05) is 30.6 Å². The van der Waals surface area contributed by atoms with Gasteiger partial charge in [0.2, 0.25) is 0 Å². The summed E-state index contributed by atoms with van der Waals surface area (Å²) in [6, 6.07) is 8.12. The number of aliphatic imine (C=N–C) groups is 1. The van der Waals surface area contributed by atoms with Crippen molar-refractivity contribution in [2.75, 3.05) is 32.5 Å². The molecule has 122 valence electrons. The van der Waals surface area contributed by atoms with Crippen LogP contribution >= 0.6 is 11.8 Å². The van der Waals surface area contributed by atoms with Gasteiger partial charge in [-0.15, -0.1) is 0 Å². The second-order valence-corrected chi connectivity index (χ2v) is 6.78. The molecule has 1 aliphatic heterocycles. The summed E-state index contributed by atoms with van der Waals surface area (Å²) in [6.07, 6.45) is 1.22. The Morgan fingerprint density at radius 3 is 3.05 bits per heavy atom. The summed E-state index contributed by atoms with van der Waals surface area (Å²) in [4.78, 5) is 7.22. The zero-order valence-electron chi connectivity index (χ0n) is 13.8. The summed E-state index contributed by atoms with van der Waals surface area (Å²) >= 11 is 2.08. The molecule has 1 atom stereocenters. The van der Waals surface area contributed by atoms with Gasteiger partial charge in [0.05, 0.1) is 13.7 Å². The van der Waals surface area contributed by atoms with Crippen LogP contribution in [0, 0.1) is 0 Å². The Bertz CT molecular complexity index is 493. The van der Waals surface area contributed by atoms with E-state index in [4.69, 9.17) is 9.73 Å². The molecule has 1 fully saturated rings. The van der Waals surface area contributed by atoms with E-state index in [0.29, 0.717) is 6.54 Å². The highest BCUT2D eigenvalue weighted by Crippen LogP contribution is 2.21. The zero-order valence-corrected chi connectivity index (χ0v) is 14.7. The normalized spacial score (nSPS) is 19.1. The predicted octanol–water partition coefficient (Wildman–Crippen LogP) is 2.99. The van der Waals surface area contributed by atoms with Crippen LogP contribution in [0.3, 0.4) is 0 Å². The van der Waals surface area contributed by atoms with Gasteiger partial charge >= 0.3 is 0 Å². The van der Waals surface area contributed by atoms with Crippen LogP contribution in [0.1, 0.15) is 25.8 Å². The summed E-state index contributed by atoms with van der Waals surface area (Å²) < 4.78 is 5.28. The molecule has 1 aromatic rings. The smallest absolute Gasteiger partial charge is 0.194 e. The molecule has 2 rings (SSSR count). The highest BCUT2D eigenvalue weighted by atomic mass is 32.2. The molecule has 0 amide bonds. The highest BCUT2D eigenvalue weighted by molar-refractivity contribution is 8.00. The summed E-state index contributed by atoms with van der Waals surface area (Å²) in [6.45, 7) is 8.13. The topological polar surface area (TPSA) is 36.9 Å². The van der Waals surface area contributed by atoms with E-state index in [-0.39, 0.29) is 0 Å². The van der Waals surface area contributed by atoms with E-state index in [0.717, 1.165) is 36.6 Å². The van der Waals surface area contributed by atoms with Crippen molar-refractivity contribution in [2.45, 2.75) is 32.1 Å². The minimum atomic E-state index is 0.681. The van der Waals surface area contributed by atoms with Crippen LogP contribution in [0.2, 0.25) is 0 Å². The summed E-state index contributed by atoms with van der Waals surface area (Å²) in [7, 11) is 1.70. The van der Waals surface area contributed by atoms with Gasteiger partial charge < -0.3 is 15.0 Å². The summed E-state index contributed by atoms with van der Waals surface area (Å²) in [5, 5.41) is 4.15. The number of hydrogen-bond acceptors (Lipinski definition) is 3. The Hall–Kier alpha value is -1.36. The zero-order chi connectivity index (χ0) is 15.8. The van der Waals surface area contributed by atoms with Crippen LogP contribution < -0.4 is 10.1 Å². The van der Waals surface area contributed by atoms with Crippen molar-refractivity contribution in [2.24, 2.45) is 4.99 Å². The average molecular weight is 321 g/mol. The molecule has 5 heteroatoms. The number of guanidine groups is 1. The maximum absolute atomic E-state index is 5.28. The largest absolute Gasteiger partial charge is 0.497 e. The van der Waals surface area contributed by atoms with Gasteiger partial charge in [-0.2, -0.15) is 11.8 Å². The number of methoxy groups -OCH3 is 1. The van der Waals surface area contributed by atoms with Crippen molar-refractivity contribution in [3.05, 3.63) is 29.8 Å². The van der Waals surface area contributed by atoms with Gasteiger partial charge in [-0.3, -0.25) is 0 Å². The molecule has 1 unspecified atom stereocenters. The predicted molar refractivity (Wildman–Crippen MR) is 95.9 cm³/mol. The lowest BCUT2D eigenvalue weighted by Crippen LogP contribution is -2.48. The van der Waals surface area contributed by atoms with Gasteiger partial charge in [0.1, 0.15) is 5.75 Å². The second kappa shape index (κ2) is 8.93. The first-order valence-electron chi connectivity index (χ1n) is 8.04. The quantitative estimate of drug-likeness (QED) is 0.668. The minimum absolute atomic E-state index is 0.681. The minimum Gasteiger partial charge on any atom is -0.497 e. The molecule has 1 heterocycles. The molecule has 0 radical (unpaired) electrons. The summed E-state index contributed by atoms with van der Waals surface area (Å²) in [5.41, 5.74) is 1.17. The molecule has 0 aliphatic carbocycles. The van der Waals surface area contributed by atoms with Crippen molar-refractivity contribution in [1.29, 1.82) is 0 Å². The first-order chi connectivity index (χ1) is 10.8. The Morgan fingerprint density at radius 1 is 1.45 bits per heavy atom. The number of nitrogens with zero attached hydrogens (tertiary/aromatic N) is 2. The molecular weight excluding hydrogens is 294 g/mol. The monoisotopic (exact) mass is 321 g/mol. The Morgan fingerprint density at radius 2 is 2.32 bits per heavy atom. The molecule has 0 spiro atoms. The van der Waals surface area contributed by atoms with Crippen molar-refractivity contribution in [3.8, 4) is 5.75 Å². The third-order valence-corrected chi connectivity index (χ3v) is 5.15. The Labute approximate surface area is 138 Å². The van der Waals surface area contributed by atoms with Crippen LogP contribution in [-0.4, -0.2) is 48.6 Å². The maximum atomic E-state index is 5.28. The highest BCUT2D eigenvalue weighted by Gasteiger charge is 2.21.